The van der Waals surface area contributed by atoms with E-state index < -0.39 is 10.8 Å². The number of nitrogens with two attached hydrogens (primary N) is 1. The number of anilines is 1. The van der Waals surface area contributed by atoms with Gasteiger partial charge in [-0.15, -0.1) is 0 Å². The highest BCUT2D eigenvalue weighted by molar-refractivity contribution is 9.10. The normalized spacial score (nSPS) is 14.9. The van der Waals surface area contributed by atoms with Crippen LogP contribution in [0, 0.1) is 10.1 Å². The van der Waals surface area contributed by atoms with Crippen LogP contribution < -0.4 is 15.4 Å². The number of hydrogen-bond acceptors (Lipinski definition) is 7. The van der Waals surface area contributed by atoms with Gasteiger partial charge < -0.3 is 15.4 Å². The van der Waals surface area contributed by atoms with Crippen LogP contribution in [0.3, 0.4) is 0 Å². The van der Waals surface area contributed by atoms with Gasteiger partial charge in [-0.05, 0) is 22.0 Å². The predicted octanol–water partition coefficient (Wildman–Crippen LogP) is 2.29. The number of nitrogens with zero attached hydrogens (tertiary/aromatic N) is 4. The van der Waals surface area contributed by atoms with Gasteiger partial charge in [0.15, 0.2) is 0 Å². The van der Waals surface area contributed by atoms with Crippen molar-refractivity contribution in [1.82, 2.24) is 9.97 Å². The Bertz CT molecular complexity index is 839. The van der Waals surface area contributed by atoms with E-state index in [4.69, 9.17) is 10.5 Å². The third kappa shape index (κ3) is 4.07. The second-order valence-corrected chi connectivity index (χ2v) is 6.66. The molecule has 1 fully saturated rings. The third-order valence-electron chi connectivity index (χ3n) is 4.05. The number of pyridine rings is 2. The number of amides is 1. The average Bonchev–Trinajstić information content (AvgIpc) is 2.62. The molecule has 1 amide bonds. The Labute approximate surface area is 157 Å². The SMILES string of the molecule is NC(=O)c1cc(OC2CCN(c3ncc([N+](=O)[O-])cc3Br)CC2)ccn1. The molecule has 26 heavy (non-hydrogen) atoms. The number of ether oxygens (including phenoxy) is 1. The van der Waals surface area contributed by atoms with E-state index in [1.54, 1.807) is 6.07 Å². The van der Waals surface area contributed by atoms with Crippen molar-refractivity contribution >= 4 is 33.3 Å². The maximum atomic E-state index is 11.2. The van der Waals surface area contributed by atoms with Gasteiger partial charge in [-0.25, -0.2) is 4.98 Å². The van der Waals surface area contributed by atoms with Crippen LogP contribution in [0.25, 0.3) is 0 Å². The van der Waals surface area contributed by atoms with Crippen molar-refractivity contribution in [2.75, 3.05) is 18.0 Å². The van der Waals surface area contributed by atoms with E-state index in [9.17, 15) is 14.9 Å². The second-order valence-electron chi connectivity index (χ2n) is 5.80. The lowest BCUT2D eigenvalue weighted by Crippen LogP contribution is -2.38. The van der Waals surface area contributed by atoms with Gasteiger partial charge in [0.05, 0.1) is 9.40 Å². The molecule has 3 rings (SSSR count). The van der Waals surface area contributed by atoms with E-state index in [2.05, 4.69) is 30.8 Å². The molecular weight excluding hydrogens is 406 g/mol. The molecule has 2 aromatic rings. The molecule has 1 aliphatic heterocycles. The average molecular weight is 422 g/mol. The molecule has 1 saturated heterocycles. The molecule has 0 unspecified atom stereocenters. The van der Waals surface area contributed by atoms with Crippen LogP contribution in [0.15, 0.2) is 35.1 Å². The molecule has 1 aliphatic rings. The Hall–Kier alpha value is -2.75. The van der Waals surface area contributed by atoms with E-state index in [0.717, 1.165) is 12.8 Å². The zero-order valence-corrected chi connectivity index (χ0v) is 15.3. The van der Waals surface area contributed by atoms with Crippen LogP contribution in [0.1, 0.15) is 23.3 Å². The molecule has 0 saturated carbocycles. The fraction of sp³-hybridized carbons (Fsp3) is 0.312. The molecule has 2 N–H and O–H groups in total. The van der Waals surface area contributed by atoms with E-state index in [0.29, 0.717) is 29.1 Å². The zero-order chi connectivity index (χ0) is 18.7. The van der Waals surface area contributed by atoms with E-state index in [1.807, 2.05) is 0 Å². The lowest BCUT2D eigenvalue weighted by atomic mass is 10.1. The van der Waals surface area contributed by atoms with Crippen LogP contribution in [-0.2, 0) is 0 Å². The van der Waals surface area contributed by atoms with Crippen molar-refractivity contribution in [3.63, 3.8) is 0 Å². The van der Waals surface area contributed by atoms with Gasteiger partial charge in [-0.1, -0.05) is 0 Å². The fourth-order valence-corrected chi connectivity index (χ4v) is 3.34. The summed E-state index contributed by atoms with van der Waals surface area (Å²) in [6.45, 7) is 1.39. The summed E-state index contributed by atoms with van der Waals surface area (Å²) in [4.78, 5) is 31.7. The number of carbonyl (C=O) groups is 1. The van der Waals surface area contributed by atoms with Gasteiger partial charge >= 0.3 is 0 Å². The summed E-state index contributed by atoms with van der Waals surface area (Å²) in [5.74, 6) is 0.634. The third-order valence-corrected chi connectivity index (χ3v) is 4.63. The number of primary amides is 1. The molecule has 0 aromatic carbocycles. The van der Waals surface area contributed by atoms with Gasteiger partial charge in [0, 0.05) is 44.3 Å². The molecule has 0 spiro atoms. The zero-order valence-electron chi connectivity index (χ0n) is 13.7. The Morgan fingerprint density at radius 3 is 2.69 bits per heavy atom. The minimum atomic E-state index is -0.598. The van der Waals surface area contributed by atoms with E-state index >= 15 is 0 Å². The van der Waals surface area contributed by atoms with Gasteiger partial charge in [0.1, 0.15) is 29.6 Å². The molecule has 9 nitrogen and oxygen atoms in total. The summed E-state index contributed by atoms with van der Waals surface area (Å²) in [7, 11) is 0. The Balaban J connectivity index is 1.62. The number of carbonyl (C=O) groups excluding carboxylic acids is 1. The van der Waals surface area contributed by atoms with Gasteiger partial charge in [0.25, 0.3) is 11.6 Å². The van der Waals surface area contributed by atoms with Crippen molar-refractivity contribution in [2.24, 2.45) is 5.73 Å². The van der Waals surface area contributed by atoms with Crippen LogP contribution >= 0.6 is 15.9 Å². The van der Waals surface area contributed by atoms with Gasteiger partial charge in [0.2, 0.25) is 0 Å². The van der Waals surface area contributed by atoms with Gasteiger partial charge in [-0.3, -0.25) is 19.9 Å². The van der Waals surface area contributed by atoms with E-state index in [-0.39, 0.29) is 17.5 Å². The highest BCUT2D eigenvalue weighted by Gasteiger charge is 2.24. The minimum Gasteiger partial charge on any atom is -0.490 e. The molecule has 0 aliphatic carbocycles. The number of aromatic nitrogens is 2. The number of piperidine rings is 1. The summed E-state index contributed by atoms with van der Waals surface area (Å²) in [5.41, 5.74) is 5.34. The minimum absolute atomic E-state index is 0.00815. The van der Waals surface area contributed by atoms with Crippen molar-refractivity contribution in [2.45, 2.75) is 18.9 Å². The fourth-order valence-electron chi connectivity index (χ4n) is 2.75. The molecule has 0 atom stereocenters. The molecule has 136 valence electrons. The maximum Gasteiger partial charge on any atom is 0.288 e. The summed E-state index contributed by atoms with van der Waals surface area (Å²) < 4.78 is 6.50. The predicted molar refractivity (Wildman–Crippen MR) is 97.2 cm³/mol. The Kier molecular flexibility index (Phi) is 5.31. The highest BCUT2D eigenvalue weighted by Crippen LogP contribution is 2.30. The van der Waals surface area contributed by atoms with Crippen LogP contribution in [0.5, 0.6) is 5.75 Å². The smallest absolute Gasteiger partial charge is 0.288 e. The summed E-state index contributed by atoms with van der Waals surface area (Å²) in [6, 6.07) is 4.67. The standard InChI is InChI=1S/C16H16BrN5O4/c17-13-7-10(22(24)25)9-20-16(13)21-5-2-11(3-6-21)26-12-1-4-19-14(8-12)15(18)23/h1,4,7-9,11H,2-3,5-6H2,(H2,18,23). The number of nitro groups is 1. The molecule has 3 heterocycles. The van der Waals surface area contributed by atoms with Crippen LogP contribution in [-0.4, -0.2) is 40.0 Å². The number of rotatable bonds is 5. The summed E-state index contributed by atoms with van der Waals surface area (Å²) in [6.07, 6.45) is 4.23. The second kappa shape index (κ2) is 7.65. The largest absolute Gasteiger partial charge is 0.490 e. The van der Waals surface area contributed by atoms with Crippen LogP contribution in [0.4, 0.5) is 11.5 Å². The summed E-state index contributed by atoms with van der Waals surface area (Å²) in [5, 5.41) is 10.8. The topological polar surface area (TPSA) is 124 Å². The first-order chi connectivity index (χ1) is 12.4. The number of hydrogen-bond donors (Lipinski definition) is 1. The van der Waals surface area contributed by atoms with Gasteiger partial charge in [-0.2, -0.15) is 0 Å². The lowest BCUT2D eigenvalue weighted by Gasteiger charge is -2.33. The first-order valence-corrected chi connectivity index (χ1v) is 8.70. The van der Waals surface area contributed by atoms with Crippen LogP contribution in [0.2, 0.25) is 0 Å². The molecule has 0 radical (unpaired) electrons. The first kappa shape index (κ1) is 18.1. The Morgan fingerprint density at radius 1 is 1.35 bits per heavy atom. The quantitative estimate of drug-likeness (QED) is 0.579. The highest BCUT2D eigenvalue weighted by atomic mass is 79.9. The maximum absolute atomic E-state index is 11.2. The number of halogens is 1. The molecule has 10 heteroatoms. The molecule has 2 aromatic heterocycles. The Morgan fingerprint density at radius 2 is 2.08 bits per heavy atom. The van der Waals surface area contributed by atoms with Crippen molar-refractivity contribution in [1.29, 1.82) is 0 Å². The lowest BCUT2D eigenvalue weighted by molar-refractivity contribution is -0.385. The van der Waals surface area contributed by atoms with Crippen molar-refractivity contribution in [3.8, 4) is 5.75 Å². The molecule has 0 bridgehead atoms. The molecular formula is C16H16BrN5O4. The summed E-state index contributed by atoms with van der Waals surface area (Å²) >= 11 is 3.35. The monoisotopic (exact) mass is 421 g/mol. The van der Waals surface area contributed by atoms with Crippen molar-refractivity contribution < 1.29 is 14.5 Å². The van der Waals surface area contributed by atoms with Crippen molar-refractivity contribution in [3.05, 3.63) is 50.9 Å². The van der Waals surface area contributed by atoms with E-state index in [1.165, 1.54) is 24.5 Å². The first-order valence-electron chi connectivity index (χ1n) is 7.91.